The number of aliphatic hydroxyl groups is 1. The van der Waals surface area contributed by atoms with Gasteiger partial charge in [-0.15, -0.1) is 0 Å². The lowest BCUT2D eigenvalue weighted by Gasteiger charge is -2.14. The van der Waals surface area contributed by atoms with Crippen LogP contribution in [-0.4, -0.2) is 15.0 Å². The first kappa shape index (κ1) is 10.6. The van der Waals surface area contributed by atoms with Crippen molar-refractivity contribution >= 4 is 16.9 Å². The van der Waals surface area contributed by atoms with Gasteiger partial charge in [-0.05, 0) is 6.92 Å². The van der Waals surface area contributed by atoms with Crippen molar-refractivity contribution in [1.82, 2.24) is 0 Å². The molecular formula is C8H14O2S. The van der Waals surface area contributed by atoms with Gasteiger partial charge in [-0.1, -0.05) is 32.5 Å². The normalized spacial score (nSPS) is 13.3. The van der Waals surface area contributed by atoms with E-state index in [4.69, 9.17) is 5.11 Å². The lowest BCUT2D eigenvalue weighted by molar-refractivity contribution is -0.107. The SMILES string of the molecule is CC(O)=CC(=O)SC(C)(C)C. The Morgan fingerprint density at radius 3 is 2.18 bits per heavy atom. The van der Waals surface area contributed by atoms with E-state index in [1.54, 1.807) is 0 Å². The third-order valence-corrected chi connectivity index (χ3v) is 1.66. The molecule has 0 fully saturated rings. The molecule has 0 aromatic heterocycles. The summed E-state index contributed by atoms with van der Waals surface area (Å²) < 4.78 is -0.0803. The average Bonchev–Trinajstić information content (AvgIpc) is 1.53. The molecule has 0 aliphatic carbocycles. The number of rotatable bonds is 1. The fourth-order valence-corrected chi connectivity index (χ4v) is 1.33. The lowest BCUT2D eigenvalue weighted by atomic mass is 10.3. The molecule has 0 heterocycles. The Morgan fingerprint density at radius 1 is 1.45 bits per heavy atom. The molecule has 0 saturated heterocycles. The van der Waals surface area contributed by atoms with Gasteiger partial charge in [-0.25, -0.2) is 0 Å². The lowest BCUT2D eigenvalue weighted by Crippen LogP contribution is -2.10. The van der Waals surface area contributed by atoms with E-state index in [-0.39, 0.29) is 15.6 Å². The van der Waals surface area contributed by atoms with Gasteiger partial charge in [0.25, 0.3) is 0 Å². The number of allylic oxidation sites excluding steroid dienone is 1. The van der Waals surface area contributed by atoms with Crippen LogP contribution in [0.4, 0.5) is 0 Å². The molecule has 0 saturated carbocycles. The summed E-state index contributed by atoms with van der Waals surface area (Å²) in [6, 6.07) is 0. The van der Waals surface area contributed by atoms with Crippen LogP contribution in [0.1, 0.15) is 27.7 Å². The number of aliphatic hydroxyl groups excluding tert-OH is 1. The zero-order valence-corrected chi connectivity index (χ0v) is 8.16. The Morgan fingerprint density at radius 2 is 1.91 bits per heavy atom. The summed E-state index contributed by atoms with van der Waals surface area (Å²) in [5.41, 5.74) is 0. The first-order valence-corrected chi connectivity index (χ1v) is 4.23. The molecule has 2 nitrogen and oxygen atoms in total. The van der Waals surface area contributed by atoms with Gasteiger partial charge in [-0.2, -0.15) is 0 Å². The van der Waals surface area contributed by atoms with E-state index < -0.39 is 0 Å². The van der Waals surface area contributed by atoms with Gasteiger partial charge in [0.1, 0.15) is 0 Å². The number of hydrogen-bond donors (Lipinski definition) is 1. The Labute approximate surface area is 71.7 Å². The zero-order valence-electron chi connectivity index (χ0n) is 7.34. The van der Waals surface area contributed by atoms with Crippen molar-refractivity contribution in [3.8, 4) is 0 Å². The van der Waals surface area contributed by atoms with Crippen molar-refractivity contribution in [1.29, 1.82) is 0 Å². The van der Waals surface area contributed by atoms with Gasteiger partial charge in [-0.3, -0.25) is 4.79 Å². The quantitative estimate of drug-likeness (QED) is 0.490. The highest BCUT2D eigenvalue weighted by Crippen LogP contribution is 2.24. The molecule has 0 amide bonds. The molecule has 0 rings (SSSR count). The van der Waals surface area contributed by atoms with Gasteiger partial charge in [0.2, 0.25) is 5.12 Å². The number of carbonyl (C=O) groups excluding carboxylic acids is 1. The van der Waals surface area contributed by atoms with Gasteiger partial charge < -0.3 is 5.11 Å². The summed E-state index contributed by atoms with van der Waals surface area (Å²) >= 11 is 1.21. The van der Waals surface area contributed by atoms with Gasteiger partial charge in [0, 0.05) is 10.8 Å². The molecule has 11 heavy (non-hydrogen) atoms. The standard InChI is InChI=1S/C8H14O2S/c1-6(9)5-7(10)11-8(2,3)4/h5,9H,1-4H3. The minimum atomic E-state index is -0.0995. The minimum absolute atomic E-state index is 0.0618. The second-order valence-corrected chi connectivity index (χ2v) is 5.15. The van der Waals surface area contributed by atoms with Crippen molar-refractivity contribution in [2.75, 3.05) is 0 Å². The third-order valence-electron chi connectivity index (χ3n) is 0.734. The summed E-state index contributed by atoms with van der Waals surface area (Å²) in [5, 5.41) is 8.65. The molecule has 3 heteroatoms. The minimum Gasteiger partial charge on any atom is -0.512 e. The fraction of sp³-hybridized carbons (Fsp3) is 0.625. The van der Waals surface area contributed by atoms with Gasteiger partial charge in [0.05, 0.1) is 5.76 Å². The Bertz CT molecular complexity index is 173. The number of carbonyl (C=O) groups is 1. The Balaban J connectivity index is 4.00. The van der Waals surface area contributed by atoms with E-state index in [0.29, 0.717) is 0 Å². The maximum atomic E-state index is 11.0. The molecule has 0 bridgehead atoms. The van der Waals surface area contributed by atoms with Crippen LogP contribution in [0.5, 0.6) is 0 Å². The van der Waals surface area contributed by atoms with E-state index >= 15 is 0 Å². The van der Waals surface area contributed by atoms with Gasteiger partial charge in [0.15, 0.2) is 0 Å². The van der Waals surface area contributed by atoms with Crippen LogP contribution in [-0.2, 0) is 4.79 Å². The third kappa shape index (κ3) is 7.46. The van der Waals surface area contributed by atoms with Crippen molar-refractivity contribution in [2.45, 2.75) is 32.4 Å². The average molecular weight is 174 g/mol. The molecule has 0 aromatic carbocycles. The number of thioether (sulfide) groups is 1. The molecule has 0 aliphatic heterocycles. The van der Waals surface area contributed by atoms with Crippen LogP contribution in [0.15, 0.2) is 11.8 Å². The molecule has 0 atom stereocenters. The fourth-order valence-electron chi connectivity index (χ4n) is 0.502. The van der Waals surface area contributed by atoms with Crippen LogP contribution < -0.4 is 0 Å². The van der Waals surface area contributed by atoms with E-state index in [9.17, 15) is 4.79 Å². The second-order valence-electron chi connectivity index (χ2n) is 3.32. The smallest absolute Gasteiger partial charge is 0.215 e. The monoisotopic (exact) mass is 174 g/mol. The van der Waals surface area contributed by atoms with Crippen molar-refractivity contribution in [3.63, 3.8) is 0 Å². The summed E-state index contributed by atoms with van der Waals surface area (Å²) in [6.45, 7) is 7.35. The molecular weight excluding hydrogens is 160 g/mol. The topological polar surface area (TPSA) is 37.3 Å². The van der Waals surface area contributed by atoms with E-state index in [1.807, 2.05) is 20.8 Å². The van der Waals surface area contributed by atoms with Crippen molar-refractivity contribution in [3.05, 3.63) is 11.8 Å². The molecule has 1 N–H and O–H groups in total. The van der Waals surface area contributed by atoms with Crippen LogP contribution in [0.3, 0.4) is 0 Å². The van der Waals surface area contributed by atoms with E-state index in [1.165, 1.54) is 24.8 Å². The highest BCUT2D eigenvalue weighted by atomic mass is 32.2. The molecule has 0 unspecified atom stereocenters. The van der Waals surface area contributed by atoms with Crippen molar-refractivity contribution in [2.24, 2.45) is 0 Å². The predicted molar refractivity (Wildman–Crippen MR) is 48.7 cm³/mol. The van der Waals surface area contributed by atoms with Gasteiger partial charge >= 0.3 is 0 Å². The molecule has 0 radical (unpaired) electrons. The maximum absolute atomic E-state index is 11.0. The summed E-state index contributed by atoms with van der Waals surface area (Å²) in [6.07, 6.45) is 1.23. The highest BCUT2D eigenvalue weighted by molar-refractivity contribution is 8.15. The predicted octanol–water partition coefficient (Wildman–Crippen LogP) is 2.51. The molecule has 0 aliphatic rings. The van der Waals surface area contributed by atoms with E-state index in [0.717, 1.165) is 0 Å². The van der Waals surface area contributed by atoms with E-state index in [2.05, 4.69) is 0 Å². The van der Waals surface area contributed by atoms with Crippen LogP contribution >= 0.6 is 11.8 Å². The van der Waals surface area contributed by atoms with Crippen molar-refractivity contribution < 1.29 is 9.90 Å². The van der Waals surface area contributed by atoms with Crippen LogP contribution in [0, 0.1) is 0 Å². The van der Waals surface area contributed by atoms with Crippen LogP contribution in [0.25, 0.3) is 0 Å². The largest absolute Gasteiger partial charge is 0.512 e. The highest BCUT2D eigenvalue weighted by Gasteiger charge is 2.14. The summed E-state index contributed by atoms with van der Waals surface area (Å²) in [5.74, 6) is 0.0618. The summed E-state index contributed by atoms with van der Waals surface area (Å²) in [4.78, 5) is 11.0. The van der Waals surface area contributed by atoms with Crippen LogP contribution in [0.2, 0.25) is 0 Å². The summed E-state index contributed by atoms with van der Waals surface area (Å²) in [7, 11) is 0. The first-order chi connectivity index (χ1) is 4.81. The Hall–Kier alpha value is -0.440. The molecule has 64 valence electrons. The maximum Gasteiger partial charge on any atom is 0.215 e. The Kier molecular flexibility index (Phi) is 3.66. The first-order valence-electron chi connectivity index (χ1n) is 3.41. The second kappa shape index (κ2) is 3.81. The molecule has 0 spiro atoms. The molecule has 0 aromatic rings. The number of hydrogen-bond acceptors (Lipinski definition) is 3. The zero-order chi connectivity index (χ0) is 9.07.